The number of piperidine rings is 1. The molecule has 0 saturated carbocycles. The molecule has 0 bridgehead atoms. The maximum Gasteiger partial charge on any atom is 0.227 e. The van der Waals surface area contributed by atoms with E-state index in [1.807, 2.05) is 11.8 Å². The van der Waals surface area contributed by atoms with Crippen molar-refractivity contribution < 1.29 is 14.3 Å². The molecule has 5 heteroatoms. The summed E-state index contributed by atoms with van der Waals surface area (Å²) >= 11 is 0. The Morgan fingerprint density at radius 2 is 2.17 bits per heavy atom. The molecular weight excluding hydrogens is 292 g/mol. The fourth-order valence-electron chi connectivity index (χ4n) is 3.08. The van der Waals surface area contributed by atoms with Gasteiger partial charge in [-0.05, 0) is 50.8 Å². The fraction of sp³-hybridized carbons (Fsp3) is 0.556. The first-order valence-corrected chi connectivity index (χ1v) is 8.13. The van der Waals surface area contributed by atoms with Crippen LogP contribution in [0.25, 0.3) is 0 Å². The Hall–Kier alpha value is -1.88. The number of ether oxygens (including phenoxy) is 1. The van der Waals surface area contributed by atoms with Crippen LogP contribution in [0.3, 0.4) is 0 Å². The molecular formula is C18H26N2O3. The number of methoxy groups -OCH3 is 1. The topological polar surface area (TPSA) is 72.6 Å². The Balaban J connectivity index is 2.13. The second-order valence-corrected chi connectivity index (χ2v) is 6.36. The number of carbonyl (C=O) groups excluding carboxylic acids is 2. The molecule has 1 aliphatic rings. The van der Waals surface area contributed by atoms with E-state index in [2.05, 4.69) is 0 Å². The lowest BCUT2D eigenvalue weighted by Gasteiger charge is -2.34. The van der Waals surface area contributed by atoms with Crippen molar-refractivity contribution >= 4 is 11.7 Å². The van der Waals surface area contributed by atoms with Crippen LogP contribution in [0.1, 0.15) is 42.6 Å². The first-order chi connectivity index (χ1) is 10.9. The third-order valence-corrected chi connectivity index (χ3v) is 4.58. The van der Waals surface area contributed by atoms with E-state index >= 15 is 0 Å². The zero-order valence-corrected chi connectivity index (χ0v) is 14.2. The van der Waals surface area contributed by atoms with Crippen LogP contribution in [0.15, 0.2) is 18.2 Å². The van der Waals surface area contributed by atoms with Crippen LogP contribution in [0, 0.1) is 5.92 Å². The van der Waals surface area contributed by atoms with E-state index in [1.54, 1.807) is 25.3 Å². The van der Waals surface area contributed by atoms with Gasteiger partial charge in [0.15, 0.2) is 5.78 Å². The zero-order valence-electron chi connectivity index (χ0n) is 14.2. The summed E-state index contributed by atoms with van der Waals surface area (Å²) in [6.07, 6.45) is 2.31. The predicted molar refractivity (Wildman–Crippen MR) is 89.7 cm³/mol. The number of hydrogen-bond acceptors (Lipinski definition) is 4. The second kappa shape index (κ2) is 7.59. The first-order valence-electron chi connectivity index (χ1n) is 8.13. The molecule has 5 nitrogen and oxygen atoms in total. The summed E-state index contributed by atoms with van der Waals surface area (Å²) in [5.74, 6) is 1.05. The number of carbonyl (C=O) groups is 2. The predicted octanol–water partition coefficient (Wildman–Crippen LogP) is 2.03. The van der Waals surface area contributed by atoms with Gasteiger partial charge in [0.25, 0.3) is 0 Å². The SMILES string of the molecule is COc1ccc(C(C)=O)cc1CC(=O)N1CCCC(C(C)N)C1. The summed E-state index contributed by atoms with van der Waals surface area (Å²) in [4.78, 5) is 26.1. The minimum atomic E-state index is -0.0173. The van der Waals surface area contributed by atoms with Gasteiger partial charge in [0.05, 0.1) is 13.5 Å². The summed E-state index contributed by atoms with van der Waals surface area (Å²) in [7, 11) is 1.57. The van der Waals surface area contributed by atoms with Gasteiger partial charge in [0.2, 0.25) is 5.91 Å². The lowest BCUT2D eigenvalue weighted by molar-refractivity contribution is -0.132. The smallest absolute Gasteiger partial charge is 0.227 e. The lowest BCUT2D eigenvalue weighted by Crippen LogP contribution is -2.45. The van der Waals surface area contributed by atoms with Crippen molar-refractivity contribution in [1.29, 1.82) is 0 Å². The van der Waals surface area contributed by atoms with Gasteiger partial charge in [-0.1, -0.05) is 0 Å². The number of benzene rings is 1. The highest BCUT2D eigenvalue weighted by Gasteiger charge is 2.26. The van der Waals surface area contributed by atoms with Crippen LogP contribution in [0.2, 0.25) is 0 Å². The molecule has 1 saturated heterocycles. The van der Waals surface area contributed by atoms with E-state index in [0.717, 1.165) is 24.9 Å². The molecule has 1 aliphatic heterocycles. The quantitative estimate of drug-likeness (QED) is 0.843. The molecule has 0 aliphatic carbocycles. The Kier molecular flexibility index (Phi) is 5.77. The van der Waals surface area contributed by atoms with Crippen LogP contribution >= 0.6 is 0 Å². The maximum absolute atomic E-state index is 12.6. The number of likely N-dealkylation sites (tertiary alicyclic amines) is 1. The largest absolute Gasteiger partial charge is 0.496 e. The van der Waals surface area contributed by atoms with Crippen LogP contribution in [0.4, 0.5) is 0 Å². The molecule has 2 N–H and O–H groups in total. The van der Waals surface area contributed by atoms with Crippen LogP contribution in [-0.2, 0) is 11.2 Å². The normalized spacial score (nSPS) is 19.3. The van der Waals surface area contributed by atoms with E-state index < -0.39 is 0 Å². The van der Waals surface area contributed by atoms with Crippen LogP contribution in [0.5, 0.6) is 5.75 Å². The molecule has 0 radical (unpaired) electrons. The van der Waals surface area contributed by atoms with Gasteiger partial charge in [-0.25, -0.2) is 0 Å². The molecule has 1 aromatic carbocycles. The minimum Gasteiger partial charge on any atom is -0.496 e. The number of amides is 1. The van der Waals surface area contributed by atoms with Crippen molar-refractivity contribution in [2.45, 2.75) is 39.2 Å². The monoisotopic (exact) mass is 318 g/mol. The van der Waals surface area contributed by atoms with Gasteiger partial charge in [0, 0.05) is 30.3 Å². The molecule has 1 amide bonds. The molecule has 2 unspecified atom stereocenters. The Morgan fingerprint density at radius 1 is 1.43 bits per heavy atom. The summed E-state index contributed by atoms with van der Waals surface area (Å²) < 4.78 is 5.33. The van der Waals surface area contributed by atoms with E-state index in [9.17, 15) is 9.59 Å². The average molecular weight is 318 g/mol. The number of hydrogen-bond donors (Lipinski definition) is 1. The molecule has 1 aromatic rings. The van der Waals surface area contributed by atoms with Crippen molar-refractivity contribution in [3.63, 3.8) is 0 Å². The van der Waals surface area contributed by atoms with Crippen molar-refractivity contribution in [2.75, 3.05) is 20.2 Å². The third-order valence-electron chi connectivity index (χ3n) is 4.58. The Labute approximate surface area is 137 Å². The molecule has 0 aromatic heterocycles. The van der Waals surface area contributed by atoms with Crippen molar-refractivity contribution in [3.8, 4) is 5.75 Å². The minimum absolute atomic E-state index is 0.0173. The molecule has 23 heavy (non-hydrogen) atoms. The number of nitrogens with two attached hydrogens (primary N) is 1. The van der Waals surface area contributed by atoms with E-state index in [-0.39, 0.29) is 24.2 Å². The number of ketones is 1. The molecule has 0 spiro atoms. The van der Waals surface area contributed by atoms with E-state index in [4.69, 9.17) is 10.5 Å². The van der Waals surface area contributed by atoms with Gasteiger partial charge in [-0.2, -0.15) is 0 Å². The van der Waals surface area contributed by atoms with Crippen LogP contribution in [-0.4, -0.2) is 42.8 Å². The molecule has 2 rings (SSSR count). The van der Waals surface area contributed by atoms with E-state index in [0.29, 0.717) is 23.8 Å². The summed E-state index contributed by atoms with van der Waals surface area (Å²) in [5.41, 5.74) is 7.34. The summed E-state index contributed by atoms with van der Waals surface area (Å²) in [6, 6.07) is 5.33. The average Bonchev–Trinajstić information content (AvgIpc) is 2.54. The molecule has 1 fully saturated rings. The van der Waals surface area contributed by atoms with Gasteiger partial charge >= 0.3 is 0 Å². The highest BCUT2D eigenvalue weighted by molar-refractivity contribution is 5.94. The number of Topliss-reactive ketones (excluding diaryl/α,β-unsaturated/α-hetero) is 1. The highest BCUT2D eigenvalue weighted by atomic mass is 16.5. The van der Waals surface area contributed by atoms with Crippen LogP contribution < -0.4 is 10.5 Å². The second-order valence-electron chi connectivity index (χ2n) is 6.36. The Bertz CT molecular complexity index is 584. The zero-order chi connectivity index (χ0) is 17.0. The molecule has 2 atom stereocenters. The number of nitrogens with zero attached hydrogens (tertiary/aromatic N) is 1. The lowest BCUT2D eigenvalue weighted by atomic mass is 9.92. The van der Waals surface area contributed by atoms with Crippen molar-refractivity contribution in [3.05, 3.63) is 29.3 Å². The van der Waals surface area contributed by atoms with Gasteiger partial charge in [0.1, 0.15) is 5.75 Å². The standard InChI is InChI=1S/C18H26N2O3/c1-12(19)15-5-4-8-20(11-15)18(22)10-16-9-14(13(2)21)6-7-17(16)23-3/h6-7,9,12,15H,4-5,8,10-11,19H2,1-3H3. The number of rotatable bonds is 5. The summed E-state index contributed by atoms with van der Waals surface area (Å²) in [6.45, 7) is 5.01. The van der Waals surface area contributed by atoms with Gasteiger partial charge in [-0.3, -0.25) is 9.59 Å². The third kappa shape index (κ3) is 4.32. The highest BCUT2D eigenvalue weighted by Crippen LogP contribution is 2.24. The first kappa shape index (κ1) is 17.5. The fourth-order valence-corrected chi connectivity index (χ4v) is 3.08. The van der Waals surface area contributed by atoms with Gasteiger partial charge in [-0.15, -0.1) is 0 Å². The van der Waals surface area contributed by atoms with Gasteiger partial charge < -0.3 is 15.4 Å². The Morgan fingerprint density at radius 3 is 2.78 bits per heavy atom. The van der Waals surface area contributed by atoms with E-state index in [1.165, 1.54) is 6.92 Å². The maximum atomic E-state index is 12.6. The molecule has 126 valence electrons. The van der Waals surface area contributed by atoms with Crippen molar-refractivity contribution in [2.24, 2.45) is 11.7 Å². The van der Waals surface area contributed by atoms with Crippen molar-refractivity contribution in [1.82, 2.24) is 4.90 Å². The summed E-state index contributed by atoms with van der Waals surface area (Å²) in [5, 5.41) is 0. The molecule has 1 heterocycles.